The average molecular weight is 448 g/mol. The van der Waals surface area contributed by atoms with E-state index in [1.807, 2.05) is 17.0 Å². The molecule has 10 nitrogen and oxygen atoms in total. The minimum Gasteiger partial charge on any atom is -0.490 e. The molecule has 0 spiro atoms. The predicted octanol–water partition coefficient (Wildman–Crippen LogP) is 0.925. The summed E-state index contributed by atoms with van der Waals surface area (Å²) in [5.74, 6) is 0.875. The number of carbonyl (C=O) groups is 2. The summed E-state index contributed by atoms with van der Waals surface area (Å²) in [7, 11) is 1.31. The van der Waals surface area contributed by atoms with Gasteiger partial charge in [-0.1, -0.05) is 12.1 Å². The minimum absolute atomic E-state index is 0.133. The fraction of sp³-hybridized carbons (Fsp3) is 0.591. The number of nitrogens with two attached hydrogens (primary N) is 2. The number of methoxy groups -OCH3 is 1. The van der Waals surface area contributed by atoms with Crippen molar-refractivity contribution in [3.63, 3.8) is 0 Å². The second-order valence-electron chi connectivity index (χ2n) is 8.34. The molecule has 2 unspecified atom stereocenters. The molecule has 10 heteroatoms. The van der Waals surface area contributed by atoms with E-state index < -0.39 is 12.0 Å². The Morgan fingerprint density at radius 2 is 1.97 bits per heavy atom. The van der Waals surface area contributed by atoms with Crippen LogP contribution in [0.15, 0.2) is 24.3 Å². The van der Waals surface area contributed by atoms with Gasteiger partial charge >= 0.3 is 12.1 Å². The number of nitrogens with one attached hydrogen (secondary N) is 1. The molecule has 2 heterocycles. The van der Waals surface area contributed by atoms with E-state index in [2.05, 4.69) is 4.74 Å². The number of hydrogen-bond acceptors (Lipinski definition) is 7. The molecule has 2 saturated heterocycles. The average Bonchev–Trinajstić information content (AvgIpc) is 3.16. The van der Waals surface area contributed by atoms with Gasteiger partial charge < -0.3 is 35.5 Å². The topological polar surface area (TPSA) is 144 Å². The molecule has 1 amide bonds. The molecule has 2 fully saturated rings. The molecule has 176 valence electrons. The van der Waals surface area contributed by atoms with Crippen LogP contribution in [0.5, 0.6) is 5.75 Å². The van der Waals surface area contributed by atoms with Crippen LogP contribution in [0.4, 0.5) is 4.79 Å². The maximum absolute atomic E-state index is 12.2. The standard InChI is InChI=1S/C22H33N5O5/c1-30-20(28)19(23)12-16-2-4-17(5-3-16)31-14-18-13-27(22(29)32-18)11-8-15-6-9-26(10-7-15)21(24)25/h2-5,15,18-19H,6-14,23H2,1H3,(H3,24,25). The van der Waals surface area contributed by atoms with Gasteiger partial charge in [-0.05, 0) is 49.3 Å². The Kier molecular flexibility index (Phi) is 8.15. The SMILES string of the molecule is COC(=O)C(N)Cc1ccc(OCC2CN(CCC3CCN(C(=N)N)CC3)C(=O)O2)cc1. The van der Waals surface area contributed by atoms with Crippen LogP contribution >= 0.6 is 0 Å². The molecule has 0 saturated carbocycles. The maximum Gasteiger partial charge on any atom is 0.410 e. The zero-order valence-electron chi connectivity index (χ0n) is 18.5. The third-order valence-electron chi connectivity index (χ3n) is 6.03. The van der Waals surface area contributed by atoms with Crippen molar-refractivity contribution in [2.45, 2.75) is 37.8 Å². The summed E-state index contributed by atoms with van der Waals surface area (Å²) in [4.78, 5) is 27.2. The smallest absolute Gasteiger partial charge is 0.410 e. The molecule has 32 heavy (non-hydrogen) atoms. The summed E-state index contributed by atoms with van der Waals surface area (Å²) in [5.41, 5.74) is 12.2. The lowest BCUT2D eigenvalue weighted by Crippen LogP contribution is -2.42. The first-order chi connectivity index (χ1) is 15.4. The highest BCUT2D eigenvalue weighted by atomic mass is 16.6. The Hall–Kier alpha value is -3.01. The highest BCUT2D eigenvalue weighted by Gasteiger charge is 2.32. The number of ether oxygens (including phenoxy) is 3. The molecular formula is C22H33N5O5. The highest BCUT2D eigenvalue weighted by molar-refractivity contribution is 5.75. The first-order valence-corrected chi connectivity index (χ1v) is 11.0. The van der Waals surface area contributed by atoms with Crippen LogP contribution in [0.25, 0.3) is 0 Å². The molecule has 1 aromatic rings. The van der Waals surface area contributed by atoms with Crippen LogP contribution < -0.4 is 16.2 Å². The van der Waals surface area contributed by atoms with E-state index in [0.717, 1.165) is 37.9 Å². The zero-order valence-corrected chi connectivity index (χ0v) is 18.5. The van der Waals surface area contributed by atoms with Gasteiger partial charge in [-0.25, -0.2) is 4.79 Å². The van der Waals surface area contributed by atoms with Crippen LogP contribution in [0.2, 0.25) is 0 Å². The quantitative estimate of drug-likeness (QED) is 0.288. The second-order valence-corrected chi connectivity index (χ2v) is 8.34. The van der Waals surface area contributed by atoms with E-state index in [1.165, 1.54) is 7.11 Å². The molecule has 3 rings (SSSR count). The molecule has 0 bridgehead atoms. The highest BCUT2D eigenvalue weighted by Crippen LogP contribution is 2.22. The van der Waals surface area contributed by atoms with Crippen LogP contribution in [0.1, 0.15) is 24.8 Å². The lowest BCUT2D eigenvalue weighted by Gasteiger charge is -2.32. The van der Waals surface area contributed by atoms with Crippen molar-refractivity contribution in [1.29, 1.82) is 5.41 Å². The van der Waals surface area contributed by atoms with Crippen molar-refractivity contribution < 1.29 is 23.8 Å². The summed E-state index contributed by atoms with van der Waals surface area (Å²) in [6.07, 6.45) is 2.66. The van der Waals surface area contributed by atoms with Crippen molar-refractivity contribution in [1.82, 2.24) is 9.80 Å². The van der Waals surface area contributed by atoms with E-state index in [4.69, 9.17) is 26.4 Å². The molecule has 1 aromatic carbocycles. The normalized spacial score (nSPS) is 20.1. The molecule has 2 aliphatic heterocycles. The van der Waals surface area contributed by atoms with Crippen molar-refractivity contribution in [3.8, 4) is 5.75 Å². The van der Waals surface area contributed by atoms with E-state index in [1.54, 1.807) is 17.0 Å². The number of guanidine groups is 1. The van der Waals surface area contributed by atoms with Crippen LogP contribution in [-0.2, 0) is 20.7 Å². The molecule has 5 N–H and O–H groups in total. The number of benzene rings is 1. The van der Waals surface area contributed by atoms with Crippen LogP contribution in [0, 0.1) is 11.3 Å². The Balaban J connectivity index is 1.37. The fourth-order valence-electron chi connectivity index (χ4n) is 4.04. The summed E-state index contributed by atoms with van der Waals surface area (Å²) < 4.78 is 15.9. The minimum atomic E-state index is -0.697. The zero-order chi connectivity index (χ0) is 23.1. The number of nitrogens with zero attached hydrogens (tertiary/aromatic N) is 2. The summed E-state index contributed by atoms with van der Waals surface area (Å²) in [5, 5.41) is 7.50. The van der Waals surface area contributed by atoms with Crippen molar-refractivity contribution in [2.75, 3.05) is 39.9 Å². The third kappa shape index (κ3) is 6.49. The Morgan fingerprint density at radius 3 is 2.59 bits per heavy atom. The van der Waals surface area contributed by atoms with Crippen molar-refractivity contribution in [2.24, 2.45) is 17.4 Å². The van der Waals surface area contributed by atoms with Crippen molar-refractivity contribution >= 4 is 18.0 Å². The Bertz CT molecular complexity index is 794. The van der Waals surface area contributed by atoms with Gasteiger partial charge in [0.2, 0.25) is 0 Å². The number of esters is 1. The summed E-state index contributed by atoms with van der Waals surface area (Å²) in [6, 6.07) is 6.62. The Morgan fingerprint density at radius 1 is 1.28 bits per heavy atom. The third-order valence-corrected chi connectivity index (χ3v) is 6.03. The molecule has 2 aliphatic rings. The monoisotopic (exact) mass is 447 g/mol. The maximum atomic E-state index is 12.2. The van der Waals surface area contributed by atoms with Crippen LogP contribution in [0.3, 0.4) is 0 Å². The molecule has 2 atom stereocenters. The van der Waals surface area contributed by atoms with Gasteiger partial charge in [0, 0.05) is 19.6 Å². The number of amides is 1. The van der Waals surface area contributed by atoms with Gasteiger partial charge in [-0.3, -0.25) is 10.2 Å². The van der Waals surface area contributed by atoms with Crippen molar-refractivity contribution in [3.05, 3.63) is 29.8 Å². The lowest BCUT2D eigenvalue weighted by molar-refractivity contribution is -0.142. The van der Waals surface area contributed by atoms with E-state index >= 15 is 0 Å². The van der Waals surface area contributed by atoms with Gasteiger partial charge in [0.05, 0.1) is 13.7 Å². The first kappa shape index (κ1) is 23.6. The van der Waals surface area contributed by atoms with Crippen LogP contribution in [-0.4, -0.2) is 79.9 Å². The number of piperidine rings is 1. The van der Waals surface area contributed by atoms with Gasteiger partial charge in [0.15, 0.2) is 12.1 Å². The van der Waals surface area contributed by atoms with E-state index in [0.29, 0.717) is 31.2 Å². The Labute approximate surface area is 188 Å². The van der Waals surface area contributed by atoms with E-state index in [-0.39, 0.29) is 24.8 Å². The second kappa shape index (κ2) is 11.0. The summed E-state index contributed by atoms with van der Waals surface area (Å²) in [6.45, 7) is 3.05. The van der Waals surface area contributed by atoms with Gasteiger partial charge in [0.25, 0.3) is 0 Å². The lowest BCUT2D eigenvalue weighted by atomic mass is 9.93. The molecular weight excluding hydrogens is 414 g/mol. The molecule has 0 radical (unpaired) electrons. The number of hydrogen-bond donors (Lipinski definition) is 3. The van der Waals surface area contributed by atoms with E-state index in [9.17, 15) is 9.59 Å². The number of carbonyl (C=O) groups excluding carboxylic acids is 2. The largest absolute Gasteiger partial charge is 0.490 e. The van der Waals surface area contributed by atoms with Gasteiger partial charge in [-0.2, -0.15) is 0 Å². The molecule has 0 aliphatic carbocycles. The fourth-order valence-corrected chi connectivity index (χ4v) is 4.04. The molecule has 0 aromatic heterocycles. The number of cyclic esters (lactones) is 1. The number of likely N-dealkylation sites (tertiary alicyclic amines) is 1. The first-order valence-electron chi connectivity index (χ1n) is 11.0. The predicted molar refractivity (Wildman–Crippen MR) is 118 cm³/mol. The van der Waals surface area contributed by atoms with Gasteiger partial charge in [-0.15, -0.1) is 0 Å². The number of rotatable bonds is 9. The van der Waals surface area contributed by atoms with Gasteiger partial charge in [0.1, 0.15) is 18.4 Å². The summed E-state index contributed by atoms with van der Waals surface area (Å²) >= 11 is 0.